The van der Waals surface area contributed by atoms with E-state index in [-0.39, 0.29) is 34.0 Å². The summed E-state index contributed by atoms with van der Waals surface area (Å²) in [4.78, 5) is 9.43. The van der Waals surface area contributed by atoms with Crippen LogP contribution in [0.25, 0.3) is 11.0 Å². The van der Waals surface area contributed by atoms with E-state index < -0.39 is 19.9 Å². The van der Waals surface area contributed by atoms with Crippen LogP contribution in [0.2, 0.25) is 0 Å². The standard InChI is InChI=1S/C29H33N5O5S2/c1-30-19-21-7-11-24(12-8-21)41(37,38)34-29-28(31-25-5-3-4-6-26(25)32-29)33-27-18-23(39-2)10-9-22(27)17-20-13-15-40(35,36)16-14-20/h3-12,18,20,30H,13-17,19H2,1-2H3,(H,31,33)(H,32,34). The molecule has 5 rings (SSSR count). The summed E-state index contributed by atoms with van der Waals surface area (Å²) in [5, 5.41) is 6.35. The van der Waals surface area contributed by atoms with Gasteiger partial charge in [0.2, 0.25) is 0 Å². The van der Waals surface area contributed by atoms with Gasteiger partial charge in [0.25, 0.3) is 10.0 Å². The largest absolute Gasteiger partial charge is 0.497 e. The number of aromatic nitrogens is 2. The summed E-state index contributed by atoms with van der Waals surface area (Å²) in [7, 11) is -3.55. The van der Waals surface area contributed by atoms with E-state index in [1.165, 1.54) is 0 Å². The molecule has 2 heterocycles. The van der Waals surface area contributed by atoms with Gasteiger partial charge in [-0.2, -0.15) is 0 Å². The highest BCUT2D eigenvalue weighted by atomic mass is 32.2. The SMILES string of the molecule is CNCc1ccc(S(=O)(=O)Nc2nc3ccccc3nc2Nc2cc(OC)ccc2CC2CCS(=O)(=O)CC2)cc1. The molecule has 0 radical (unpaired) electrons. The summed E-state index contributed by atoms with van der Waals surface area (Å²) in [6.45, 7) is 0.623. The number of nitrogens with zero attached hydrogens (tertiary/aromatic N) is 2. The fourth-order valence-electron chi connectivity index (χ4n) is 4.89. The Morgan fingerprint density at radius 1 is 0.927 bits per heavy atom. The lowest BCUT2D eigenvalue weighted by molar-refractivity contribution is 0.414. The summed E-state index contributed by atoms with van der Waals surface area (Å²) in [5.41, 5.74) is 3.71. The van der Waals surface area contributed by atoms with Gasteiger partial charge in [0.05, 0.1) is 34.5 Å². The van der Waals surface area contributed by atoms with E-state index in [2.05, 4.69) is 20.3 Å². The number of sulfonamides is 1. The number of anilines is 3. The monoisotopic (exact) mass is 595 g/mol. The first kappa shape index (κ1) is 28.8. The van der Waals surface area contributed by atoms with Crippen LogP contribution in [0.4, 0.5) is 17.3 Å². The van der Waals surface area contributed by atoms with Crippen LogP contribution in [-0.2, 0) is 32.8 Å². The summed E-state index contributed by atoms with van der Waals surface area (Å²) < 4.78 is 58.8. The quantitative estimate of drug-likeness (QED) is 0.245. The van der Waals surface area contributed by atoms with Gasteiger partial charge in [-0.25, -0.2) is 26.8 Å². The van der Waals surface area contributed by atoms with Gasteiger partial charge in [0.1, 0.15) is 15.6 Å². The van der Waals surface area contributed by atoms with E-state index in [0.29, 0.717) is 48.3 Å². The van der Waals surface area contributed by atoms with Crippen molar-refractivity contribution in [1.82, 2.24) is 15.3 Å². The molecule has 216 valence electrons. The first-order chi connectivity index (χ1) is 19.7. The number of fused-ring (bicyclic) bond motifs is 1. The maximum atomic E-state index is 13.4. The highest BCUT2D eigenvalue weighted by Crippen LogP contribution is 2.33. The maximum Gasteiger partial charge on any atom is 0.263 e. The minimum atomic E-state index is -3.98. The molecular weight excluding hydrogens is 562 g/mol. The van der Waals surface area contributed by atoms with Crippen LogP contribution in [0.3, 0.4) is 0 Å². The summed E-state index contributed by atoms with van der Waals surface area (Å²) in [6.07, 6.45) is 1.85. The lowest BCUT2D eigenvalue weighted by Gasteiger charge is -2.23. The van der Waals surface area contributed by atoms with E-state index in [1.807, 2.05) is 37.4 Å². The number of sulfone groups is 1. The number of ether oxygens (including phenoxy) is 1. The second-order valence-electron chi connectivity index (χ2n) is 10.1. The molecule has 3 aromatic carbocycles. The van der Waals surface area contributed by atoms with Gasteiger partial charge < -0.3 is 15.4 Å². The number of methoxy groups -OCH3 is 1. The lowest BCUT2D eigenvalue weighted by atomic mass is 9.93. The van der Waals surface area contributed by atoms with Crippen LogP contribution in [0, 0.1) is 5.92 Å². The predicted molar refractivity (Wildman–Crippen MR) is 161 cm³/mol. The molecule has 0 saturated carbocycles. The van der Waals surface area contributed by atoms with Crippen molar-refractivity contribution in [2.75, 3.05) is 35.7 Å². The molecule has 0 unspecified atom stereocenters. The fourth-order valence-corrected chi connectivity index (χ4v) is 7.49. The number of rotatable bonds is 10. The average Bonchev–Trinajstić information content (AvgIpc) is 2.95. The van der Waals surface area contributed by atoms with Gasteiger partial charge in [-0.15, -0.1) is 0 Å². The molecule has 0 atom stereocenters. The molecule has 1 saturated heterocycles. The highest BCUT2D eigenvalue weighted by Gasteiger charge is 2.25. The molecule has 0 spiro atoms. The van der Waals surface area contributed by atoms with Crippen molar-refractivity contribution >= 4 is 48.2 Å². The Morgan fingerprint density at radius 2 is 1.59 bits per heavy atom. The average molecular weight is 596 g/mol. The summed E-state index contributed by atoms with van der Waals surface area (Å²) >= 11 is 0. The molecule has 1 aliphatic heterocycles. The Kier molecular flexibility index (Phi) is 8.43. The Balaban J connectivity index is 1.50. The Labute approximate surface area is 240 Å². The van der Waals surface area contributed by atoms with Crippen molar-refractivity contribution in [3.05, 3.63) is 77.9 Å². The van der Waals surface area contributed by atoms with Crippen molar-refractivity contribution in [1.29, 1.82) is 0 Å². The summed E-state index contributed by atoms with van der Waals surface area (Å²) in [5.74, 6) is 1.49. The van der Waals surface area contributed by atoms with Crippen LogP contribution < -0.4 is 20.1 Å². The minimum Gasteiger partial charge on any atom is -0.497 e. The summed E-state index contributed by atoms with van der Waals surface area (Å²) in [6, 6.07) is 19.5. The molecule has 41 heavy (non-hydrogen) atoms. The maximum absolute atomic E-state index is 13.4. The predicted octanol–water partition coefficient (Wildman–Crippen LogP) is 4.27. The molecule has 12 heteroatoms. The third-order valence-electron chi connectivity index (χ3n) is 7.17. The number of para-hydroxylation sites is 2. The van der Waals surface area contributed by atoms with E-state index in [9.17, 15) is 16.8 Å². The van der Waals surface area contributed by atoms with Gasteiger partial charge in [-0.1, -0.05) is 30.3 Å². The van der Waals surface area contributed by atoms with Gasteiger partial charge in [-0.05, 0) is 73.7 Å². The van der Waals surface area contributed by atoms with Crippen LogP contribution in [0.1, 0.15) is 24.0 Å². The molecule has 1 aromatic heterocycles. The van der Waals surface area contributed by atoms with Crippen molar-refractivity contribution in [2.24, 2.45) is 5.92 Å². The van der Waals surface area contributed by atoms with Crippen molar-refractivity contribution in [3.63, 3.8) is 0 Å². The molecule has 10 nitrogen and oxygen atoms in total. The minimum absolute atomic E-state index is 0.0560. The van der Waals surface area contributed by atoms with Gasteiger partial charge in [0.15, 0.2) is 11.6 Å². The fraction of sp³-hybridized carbons (Fsp3) is 0.310. The van der Waals surface area contributed by atoms with Crippen LogP contribution in [0.15, 0.2) is 71.6 Å². The second kappa shape index (κ2) is 12.0. The zero-order chi connectivity index (χ0) is 29.0. The van der Waals surface area contributed by atoms with Gasteiger partial charge in [0, 0.05) is 18.3 Å². The zero-order valence-electron chi connectivity index (χ0n) is 22.9. The van der Waals surface area contributed by atoms with E-state index in [4.69, 9.17) is 9.72 Å². The topological polar surface area (TPSA) is 139 Å². The molecule has 1 aliphatic rings. The molecule has 3 N–H and O–H groups in total. The molecule has 0 aliphatic carbocycles. The number of nitrogens with one attached hydrogen (secondary N) is 3. The number of benzene rings is 3. The molecule has 1 fully saturated rings. The first-order valence-corrected chi connectivity index (χ1v) is 16.6. The number of hydrogen-bond acceptors (Lipinski definition) is 9. The number of hydrogen-bond donors (Lipinski definition) is 3. The Morgan fingerprint density at radius 3 is 2.22 bits per heavy atom. The smallest absolute Gasteiger partial charge is 0.263 e. The van der Waals surface area contributed by atoms with Crippen LogP contribution >= 0.6 is 0 Å². The molecular formula is C29H33N5O5S2. The van der Waals surface area contributed by atoms with Crippen molar-refractivity contribution < 1.29 is 21.6 Å². The molecule has 0 amide bonds. The highest BCUT2D eigenvalue weighted by molar-refractivity contribution is 7.92. The van der Waals surface area contributed by atoms with Gasteiger partial charge >= 0.3 is 0 Å². The van der Waals surface area contributed by atoms with Crippen molar-refractivity contribution in [2.45, 2.75) is 30.7 Å². The second-order valence-corrected chi connectivity index (χ2v) is 14.1. The molecule has 0 bridgehead atoms. The third-order valence-corrected chi connectivity index (χ3v) is 10.2. The van der Waals surface area contributed by atoms with E-state index >= 15 is 0 Å². The zero-order valence-corrected chi connectivity index (χ0v) is 24.6. The van der Waals surface area contributed by atoms with Crippen molar-refractivity contribution in [3.8, 4) is 5.75 Å². The van der Waals surface area contributed by atoms with Gasteiger partial charge in [-0.3, -0.25) is 4.72 Å². The lowest BCUT2D eigenvalue weighted by Crippen LogP contribution is -2.24. The molecule has 4 aromatic rings. The first-order valence-electron chi connectivity index (χ1n) is 13.3. The Hall–Kier alpha value is -3.74. The van der Waals surface area contributed by atoms with Crippen LogP contribution in [-0.4, -0.2) is 52.5 Å². The van der Waals surface area contributed by atoms with Crippen LogP contribution in [0.5, 0.6) is 5.75 Å². The normalized spacial score (nSPS) is 15.5. The van der Waals surface area contributed by atoms with E-state index in [1.54, 1.807) is 43.5 Å². The third kappa shape index (κ3) is 6.95. The Bertz CT molecular complexity index is 1750. The van der Waals surface area contributed by atoms with E-state index in [0.717, 1.165) is 11.1 Å².